The van der Waals surface area contributed by atoms with Crippen LogP contribution in [-0.2, 0) is 0 Å². The van der Waals surface area contributed by atoms with Crippen LogP contribution in [0.5, 0.6) is 0 Å². The molecule has 2 rings (SSSR count). The van der Waals surface area contributed by atoms with Crippen molar-refractivity contribution in [3.8, 4) is 0 Å². The first-order valence-corrected chi connectivity index (χ1v) is 9.09. The fourth-order valence-corrected chi connectivity index (χ4v) is 4.14. The van der Waals surface area contributed by atoms with Crippen molar-refractivity contribution in [3.05, 3.63) is 0 Å². The van der Waals surface area contributed by atoms with Crippen molar-refractivity contribution < 1.29 is 0 Å². The normalized spacial score (nSPS) is 30.3. The standard InChI is InChI=1S/C18H36N2/c1-5-15(3)13-20-14-18(10-8-7-9-11-18)19-12-17(20)16(4)6-2/h15-17,19H,5-14H2,1-4H3. The van der Waals surface area contributed by atoms with Gasteiger partial charge in [0.05, 0.1) is 0 Å². The van der Waals surface area contributed by atoms with Crippen LogP contribution in [0.3, 0.4) is 0 Å². The molecule has 1 saturated heterocycles. The van der Waals surface area contributed by atoms with Crippen molar-refractivity contribution >= 4 is 0 Å². The summed E-state index contributed by atoms with van der Waals surface area (Å²) in [4.78, 5) is 2.85. The fraction of sp³-hybridized carbons (Fsp3) is 1.00. The Hall–Kier alpha value is -0.0800. The number of piperazine rings is 1. The van der Waals surface area contributed by atoms with Gasteiger partial charge in [0.25, 0.3) is 0 Å². The molecule has 0 radical (unpaired) electrons. The predicted octanol–water partition coefficient (Wildman–Crippen LogP) is 4.06. The van der Waals surface area contributed by atoms with Crippen LogP contribution in [0.1, 0.15) is 72.6 Å². The summed E-state index contributed by atoms with van der Waals surface area (Å²) in [5.74, 6) is 1.65. The van der Waals surface area contributed by atoms with E-state index in [1.165, 1.54) is 64.6 Å². The molecule has 1 spiro atoms. The lowest BCUT2D eigenvalue weighted by Gasteiger charge is -2.51. The number of nitrogens with one attached hydrogen (secondary N) is 1. The summed E-state index contributed by atoms with van der Waals surface area (Å²) >= 11 is 0. The van der Waals surface area contributed by atoms with Gasteiger partial charge in [-0.2, -0.15) is 0 Å². The van der Waals surface area contributed by atoms with Crippen LogP contribution in [0, 0.1) is 11.8 Å². The van der Waals surface area contributed by atoms with Crippen molar-refractivity contribution in [1.29, 1.82) is 0 Å². The predicted molar refractivity (Wildman–Crippen MR) is 88.1 cm³/mol. The SMILES string of the molecule is CCC(C)CN1CC2(CCCCC2)NCC1C(C)CC. The summed E-state index contributed by atoms with van der Waals surface area (Å²) in [6.07, 6.45) is 9.72. The first-order chi connectivity index (χ1) is 9.60. The zero-order chi connectivity index (χ0) is 14.6. The Kier molecular flexibility index (Phi) is 5.92. The summed E-state index contributed by atoms with van der Waals surface area (Å²) < 4.78 is 0. The van der Waals surface area contributed by atoms with Gasteiger partial charge >= 0.3 is 0 Å². The summed E-state index contributed by atoms with van der Waals surface area (Å²) in [5.41, 5.74) is 0.454. The highest BCUT2D eigenvalue weighted by Crippen LogP contribution is 2.33. The molecule has 0 amide bonds. The molecule has 2 aliphatic rings. The maximum atomic E-state index is 3.98. The average Bonchev–Trinajstić information content (AvgIpc) is 2.47. The van der Waals surface area contributed by atoms with Gasteiger partial charge in [-0.3, -0.25) is 4.90 Å². The smallest absolute Gasteiger partial charge is 0.0309 e. The van der Waals surface area contributed by atoms with Gasteiger partial charge in [0.15, 0.2) is 0 Å². The molecule has 1 saturated carbocycles. The molecule has 20 heavy (non-hydrogen) atoms. The summed E-state index contributed by atoms with van der Waals surface area (Å²) in [7, 11) is 0. The molecule has 2 fully saturated rings. The minimum absolute atomic E-state index is 0.454. The molecule has 1 aliphatic heterocycles. The Labute approximate surface area is 126 Å². The second kappa shape index (κ2) is 7.26. The second-order valence-electron chi connectivity index (χ2n) is 7.62. The number of rotatable bonds is 5. The van der Waals surface area contributed by atoms with Gasteiger partial charge in [-0.1, -0.05) is 59.8 Å². The van der Waals surface area contributed by atoms with Crippen LogP contribution >= 0.6 is 0 Å². The van der Waals surface area contributed by atoms with Crippen molar-refractivity contribution in [2.24, 2.45) is 11.8 Å². The maximum absolute atomic E-state index is 3.98. The number of hydrogen-bond donors (Lipinski definition) is 1. The molecule has 0 bridgehead atoms. The summed E-state index contributed by atoms with van der Waals surface area (Å²) in [6.45, 7) is 13.4. The number of nitrogens with zero attached hydrogens (tertiary/aromatic N) is 1. The first-order valence-electron chi connectivity index (χ1n) is 9.09. The molecule has 0 aromatic rings. The third-order valence-corrected chi connectivity index (χ3v) is 6.02. The Morgan fingerprint density at radius 3 is 2.40 bits per heavy atom. The highest BCUT2D eigenvalue weighted by molar-refractivity contribution is 5.00. The van der Waals surface area contributed by atoms with Crippen LogP contribution in [0.15, 0.2) is 0 Å². The molecule has 3 unspecified atom stereocenters. The average molecular weight is 280 g/mol. The van der Waals surface area contributed by atoms with Crippen LogP contribution in [0.25, 0.3) is 0 Å². The molecule has 2 heteroatoms. The van der Waals surface area contributed by atoms with Gasteiger partial charge in [0.2, 0.25) is 0 Å². The Balaban J connectivity index is 2.05. The Morgan fingerprint density at radius 1 is 1.10 bits per heavy atom. The van der Waals surface area contributed by atoms with Crippen molar-refractivity contribution in [2.45, 2.75) is 84.2 Å². The molecule has 0 aromatic heterocycles. The minimum Gasteiger partial charge on any atom is -0.308 e. The molecule has 2 nitrogen and oxygen atoms in total. The van der Waals surface area contributed by atoms with E-state index in [0.717, 1.165) is 17.9 Å². The van der Waals surface area contributed by atoms with Gasteiger partial charge < -0.3 is 5.32 Å². The largest absolute Gasteiger partial charge is 0.308 e. The van der Waals surface area contributed by atoms with Gasteiger partial charge in [-0.05, 0) is 24.7 Å². The van der Waals surface area contributed by atoms with E-state index < -0.39 is 0 Å². The van der Waals surface area contributed by atoms with Crippen LogP contribution in [0.2, 0.25) is 0 Å². The van der Waals surface area contributed by atoms with E-state index in [0.29, 0.717) is 5.54 Å². The zero-order valence-electron chi connectivity index (χ0n) is 14.3. The molecular weight excluding hydrogens is 244 g/mol. The summed E-state index contributed by atoms with van der Waals surface area (Å²) in [6, 6.07) is 0.751. The van der Waals surface area contributed by atoms with E-state index in [1.54, 1.807) is 0 Å². The fourth-order valence-electron chi connectivity index (χ4n) is 4.14. The monoisotopic (exact) mass is 280 g/mol. The molecular formula is C18H36N2. The highest BCUT2D eigenvalue weighted by Gasteiger charge is 2.41. The van der Waals surface area contributed by atoms with E-state index in [4.69, 9.17) is 0 Å². The molecule has 3 atom stereocenters. The minimum atomic E-state index is 0.454. The van der Waals surface area contributed by atoms with E-state index in [2.05, 4.69) is 37.9 Å². The molecule has 118 valence electrons. The highest BCUT2D eigenvalue weighted by atomic mass is 15.3. The van der Waals surface area contributed by atoms with Crippen molar-refractivity contribution in [1.82, 2.24) is 10.2 Å². The molecule has 1 heterocycles. The molecule has 0 aromatic carbocycles. The topological polar surface area (TPSA) is 15.3 Å². The van der Waals surface area contributed by atoms with E-state index in [1.807, 2.05) is 0 Å². The first kappa shape index (κ1) is 16.3. The van der Waals surface area contributed by atoms with E-state index in [9.17, 15) is 0 Å². The van der Waals surface area contributed by atoms with Gasteiger partial charge in [-0.25, -0.2) is 0 Å². The van der Waals surface area contributed by atoms with E-state index >= 15 is 0 Å². The lowest BCUT2D eigenvalue weighted by molar-refractivity contribution is 0.0231. The maximum Gasteiger partial charge on any atom is 0.0309 e. The third-order valence-electron chi connectivity index (χ3n) is 6.02. The zero-order valence-corrected chi connectivity index (χ0v) is 14.3. The van der Waals surface area contributed by atoms with Crippen LogP contribution in [0.4, 0.5) is 0 Å². The quantitative estimate of drug-likeness (QED) is 0.817. The Bertz CT molecular complexity index is 283. The van der Waals surface area contributed by atoms with Gasteiger partial charge in [0, 0.05) is 31.2 Å². The van der Waals surface area contributed by atoms with Crippen molar-refractivity contribution in [3.63, 3.8) is 0 Å². The second-order valence-corrected chi connectivity index (χ2v) is 7.62. The lowest BCUT2D eigenvalue weighted by Crippen LogP contribution is -2.66. The van der Waals surface area contributed by atoms with Gasteiger partial charge in [-0.15, -0.1) is 0 Å². The number of hydrogen-bond acceptors (Lipinski definition) is 2. The summed E-state index contributed by atoms with van der Waals surface area (Å²) in [5, 5.41) is 3.98. The lowest BCUT2D eigenvalue weighted by atomic mass is 9.78. The van der Waals surface area contributed by atoms with E-state index in [-0.39, 0.29) is 0 Å². The molecule has 1 aliphatic carbocycles. The Morgan fingerprint density at radius 2 is 1.80 bits per heavy atom. The molecule has 1 N–H and O–H groups in total. The third kappa shape index (κ3) is 3.76. The van der Waals surface area contributed by atoms with Crippen LogP contribution in [-0.4, -0.2) is 36.1 Å². The van der Waals surface area contributed by atoms with Crippen molar-refractivity contribution in [2.75, 3.05) is 19.6 Å². The van der Waals surface area contributed by atoms with Crippen LogP contribution < -0.4 is 5.32 Å². The van der Waals surface area contributed by atoms with Gasteiger partial charge in [0.1, 0.15) is 0 Å².